The van der Waals surface area contributed by atoms with Crippen LogP contribution in [0.2, 0.25) is 0 Å². The van der Waals surface area contributed by atoms with Gasteiger partial charge in [0.15, 0.2) is 6.61 Å². The van der Waals surface area contributed by atoms with Crippen LogP contribution in [0.25, 0.3) is 10.9 Å². The van der Waals surface area contributed by atoms with Gasteiger partial charge in [0, 0.05) is 22.2 Å². The lowest BCUT2D eigenvalue weighted by Crippen LogP contribution is -2.09. The molecule has 2 aromatic carbocycles. The zero-order valence-corrected chi connectivity index (χ0v) is 17.9. The van der Waals surface area contributed by atoms with Crippen molar-refractivity contribution in [2.24, 2.45) is 0 Å². The summed E-state index contributed by atoms with van der Waals surface area (Å²) >= 11 is 1.59. The number of carboxylic acids is 1. The Labute approximate surface area is 182 Å². The van der Waals surface area contributed by atoms with E-state index in [9.17, 15) is 18.0 Å². The lowest BCUT2D eigenvalue weighted by Gasteiger charge is -2.13. The number of allylic oxidation sites excluding steroid dienone is 2. The van der Waals surface area contributed by atoms with Crippen LogP contribution < -0.4 is 4.74 Å². The van der Waals surface area contributed by atoms with Gasteiger partial charge in [-0.25, -0.2) is 4.79 Å². The Morgan fingerprint density at radius 3 is 2.42 bits per heavy atom. The third kappa shape index (κ3) is 5.85. The number of carbonyl (C=O) groups is 1. The van der Waals surface area contributed by atoms with Crippen molar-refractivity contribution >= 4 is 28.6 Å². The summed E-state index contributed by atoms with van der Waals surface area (Å²) in [5.41, 5.74) is 2.20. The van der Waals surface area contributed by atoms with E-state index in [0.717, 1.165) is 39.1 Å². The molecule has 0 saturated heterocycles. The van der Waals surface area contributed by atoms with Gasteiger partial charge in [-0.1, -0.05) is 23.8 Å². The van der Waals surface area contributed by atoms with Gasteiger partial charge in [0.25, 0.3) is 0 Å². The average Bonchev–Trinajstić information content (AvgIpc) is 3.12. The number of hydrogen-bond acceptors (Lipinski definition) is 3. The van der Waals surface area contributed by atoms with Crippen molar-refractivity contribution in [3.05, 3.63) is 76.3 Å². The van der Waals surface area contributed by atoms with Crippen LogP contribution in [0.3, 0.4) is 0 Å². The number of carboxylic acid groups (broad SMARTS) is 1. The summed E-state index contributed by atoms with van der Waals surface area (Å²) in [5, 5.41) is 9.67. The smallest absolute Gasteiger partial charge is 0.416 e. The lowest BCUT2D eigenvalue weighted by atomic mass is 10.1. The van der Waals surface area contributed by atoms with Gasteiger partial charge in [-0.3, -0.25) is 0 Å². The normalized spacial score (nSPS) is 11.5. The number of thioether (sulfide) groups is 1. The van der Waals surface area contributed by atoms with Gasteiger partial charge < -0.3 is 14.4 Å². The summed E-state index contributed by atoms with van der Waals surface area (Å²) in [6.45, 7) is 4.19. The Morgan fingerprint density at radius 2 is 1.81 bits per heavy atom. The average molecular weight is 449 g/mol. The zero-order chi connectivity index (χ0) is 22.6. The monoisotopic (exact) mass is 449 g/mol. The Morgan fingerprint density at radius 1 is 1.10 bits per heavy atom. The molecule has 8 heteroatoms. The van der Waals surface area contributed by atoms with Crippen LogP contribution in [-0.4, -0.2) is 22.2 Å². The van der Waals surface area contributed by atoms with Crippen molar-refractivity contribution < 1.29 is 27.8 Å². The van der Waals surface area contributed by atoms with Gasteiger partial charge >= 0.3 is 12.1 Å². The molecule has 0 fully saturated rings. The standard InChI is InChI=1S/C23H22F3NO3S/c1-15(2)21(31-14-16-6-8-17(9-7-16)23(24,25)26)12-27-11-10-18-19(27)4-3-5-20(18)30-13-22(28)29/h3-11H,12-14H2,1-2H3,(H,28,29). The number of alkyl halides is 3. The maximum absolute atomic E-state index is 12.7. The molecule has 0 bridgehead atoms. The van der Waals surface area contributed by atoms with Crippen LogP contribution in [-0.2, 0) is 23.3 Å². The molecule has 0 amide bonds. The Bertz CT molecular complexity index is 1100. The number of aromatic nitrogens is 1. The minimum atomic E-state index is -4.33. The maximum Gasteiger partial charge on any atom is 0.416 e. The Kier molecular flexibility index (Phi) is 7.00. The summed E-state index contributed by atoms with van der Waals surface area (Å²) in [6.07, 6.45) is -2.42. The molecular weight excluding hydrogens is 427 g/mol. The zero-order valence-electron chi connectivity index (χ0n) is 17.1. The van der Waals surface area contributed by atoms with Crippen molar-refractivity contribution in [1.29, 1.82) is 0 Å². The molecule has 0 saturated carbocycles. The van der Waals surface area contributed by atoms with Gasteiger partial charge in [0.05, 0.1) is 17.6 Å². The molecule has 4 nitrogen and oxygen atoms in total. The third-order valence-electron chi connectivity index (χ3n) is 4.69. The van der Waals surface area contributed by atoms with E-state index >= 15 is 0 Å². The fraction of sp³-hybridized carbons (Fsp3) is 0.261. The first-order valence-corrected chi connectivity index (χ1v) is 10.5. The van der Waals surface area contributed by atoms with Gasteiger partial charge in [-0.15, -0.1) is 11.8 Å². The molecule has 3 rings (SSSR count). The first kappa shape index (κ1) is 22.8. The molecule has 0 radical (unpaired) electrons. The molecular formula is C23H22F3NO3S. The summed E-state index contributed by atoms with van der Waals surface area (Å²) < 4.78 is 45.6. The van der Waals surface area contributed by atoms with Gasteiger partial charge in [-0.2, -0.15) is 13.2 Å². The second-order valence-electron chi connectivity index (χ2n) is 7.22. The molecule has 0 aliphatic heterocycles. The van der Waals surface area contributed by atoms with E-state index in [-0.39, 0.29) is 0 Å². The highest BCUT2D eigenvalue weighted by Crippen LogP contribution is 2.32. The predicted molar refractivity (Wildman–Crippen MR) is 116 cm³/mol. The largest absolute Gasteiger partial charge is 0.481 e. The third-order valence-corrected chi connectivity index (χ3v) is 6.05. The van der Waals surface area contributed by atoms with Crippen LogP contribution in [0.1, 0.15) is 25.0 Å². The number of nitrogens with zero attached hydrogens (tertiary/aromatic N) is 1. The number of hydrogen-bond donors (Lipinski definition) is 1. The molecule has 0 atom stereocenters. The molecule has 31 heavy (non-hydrogen) atoms. The summed E-state index contributed by atoms with van der Waals surface area (Å²) in [4.78, 5) is 11.9. The second-order valence-corrected chi connectivity index (χ2v) is 8.29. The number of fused-ring (bicyclic) bond motifs is 1. The molecule has 0 aliphatic rings. The van der Waals surface area contributed by atoms with Crippen LogP contribution >= 0.6 is 11.8 Å². The van der Waals surface area contributed by atoms with E-state index in [1.807, 2.05) is 42.8 Å². The molecule has 3 aromatic rings. The molecule has 0 unspecified atom stereocenters. The maximum atomic E-state index is 12.7. The molecule has 0 spiro atoms. The molecule has 1 aromatic heterocycles. The van der Waals surface area contributed by atoms with Crippen molar-refractivity contribution in [1.82, 2.24) is 4.57 Å². The van der Waals surface area contributed by atoms with Crippen molar-refractivity contribution in [3.8, 4) is 5.75 Å². The van der Waals surface area contributed by atoms with Crippen LogP contribution in [0.4, 0.5) is 13.2 Å². The highest BCUT2D eigenvalue weighted by Gasteiger charge is 2.29. The van der Waals surface area contributed by atoms with Crippen molar-refractivity contribution in [3.63, 3.8) is 0 Å². The first-order valence-electron chi connectivity index (χ1n) is 9.53. The Balaban J connectivity index is 1.74. The topological polar surface area (TPSA) is 51.5 Å². The highest BCUT2D eigenvalue weighted by atomic mass is 32.2. The summed E-state index contributed by atoms with van der Waals surface area (Å²) in [7, 11) is 0. The number of ether oxygens (including phenoxy) is 1. The summed E-state index contributed by atoms with van der Waals surface area (Å²) in [5.74, 6) is 0.0305. The van der Waals surface area contributed by atoms with Gasteiger partial charge in [0.2, 0.25) is 0 Å². The fourth-order valence-electron chi connectivity index (χ4n) is 3.06. The van der Waals surface area contributed by atoms with E-state index in [2.05, 4.69) is 0 Å². The van der Waals surface area contributed by atoms with Gasteiger partial charge in [0.1, 0.15) is 5.75 Å². The lowest BCUT2D eigenvalue weighted by molar-refractivity contribution is -0.139. The van der Waals surface area contributed by atoms with E-state index in [0.29, 0.717) is 18.0 Å². The van der Waals surface area contributed by atoms with E-state index in [4.69, 9.17) is 9.84 Å². The quantitative estimate of drug-likeness (QED) is 0.435. The van der Waals surface area contributed by atoms with Crippen LogP contribution in [0, 0.1) is 0 Å². The number of halogens is 3. The Hall–Kier alpha value is -2.87. The molecule has 164 valence electrons. The molecule has 0 aliphatic carbocycles. The van der Waals surface area contributed by atoms with Crippen molar-refractivity contribution in [2.45, 2.75) is 32.3 Å². The van der Waals surface area contributed by atoms with E-state index < -0.39 is 24.3 Å². The number of benzene rings is 2. The predicted octanol–water partition coefficient (Wildman–Crippen LogP) is 6.35. The van der Waals surface area contributed by atoms with Crippen molar-refractivity contribution in [2.75, 3.05) is 6.61 Å². The van der Waals surface area contributed by atoms with Crippen LogP contribution in [0.5, 0.6) is 5.75 Å². The number of rotatable bonds is 8. The van der Waals surface area contributed by atoms with E-state index in [1.165, 1.54) is 12.1 Å². The molecule has 1 N–H and O–H groups in total. The minimum Gasteiger partial charge on any atom is -0.481 e. The minimum absolute atomic E-state index is 0.410. The second kappa shape index (κ2) is 9.51. The first-order chi connectivity index (χ1) is 14.6. The fourth-order valence-corrected chi connectivity index (χ4v) is 4.11. The van der Waals surface area contributed by atoms with E-state index in [1.54, 1.807) is 17.8 Å². The van der Waals surface area contributed by atoms with Crippen LogP contribution in [0.15, 0.2) is 65.2 Å². The molecule has 1 heterocycles. The summed E-state index contributed by atoms with van der Waals surface area (Å²) in [6, 6.07) is 12.6. The number of aliphatic carboxylic acids is 1. The highest BCUT2D eigenvalue weighted by molar-refractivity contribution is 8.02. The van der Waals surface area contributed by atoms with Gasteiger partial charge in [-0.05, 0) is 49.7 Å². The SMILES string of the molecule is CC(C)=C(Cn1ccc2c(OCC(=O)O)cccc21)SCc1ccc(C(F)(F)F)cc1.